The Bertz CT molecular complexity index is 746. The van der Waals surface area contributed by atoms with E-state index < -0.39 is 5.91 Å². The quantitative estimate of drug-likeness (QED) is 0.588. The van der Waals surface area contributed by atoms with Gasteiger partial charge in [-0.3, -0.25) is 9.59 Å². The highest BCUT2D eigenvalue weighted by atomic mass is 35.5. The number of amides is 2. The van der Waals surface area contributed by atoms with Gasteiger partial charge in [-0.1, -0.05) is 29.8 Å². The molecule has 0 aliphatic heterocycles. The van der Waals surface area contributed by atoms with Gasteiger partial charge in [0.2, 0.25) is 5.91 Å². The largest absolute Gasteiger partial charge is 0.484 e. The Balaban J connectivity index is 1.73. The molecule has 2 amide bonds. The van der Waals surface area contributed by atoms with Crippen LogP contribution in [0, 0.1) is 0 Å². The van der Waals surface area contributed by atoms with Gasteiger partial charge in [-0.15, -0.1) is 0 Å². The molecule has 6 nitrogen and oxygen atoms in total. The molecule has 0 bridgehead atoms. The number of hydrazone groups is 1. The molecule has 0 aromatic heterocycles. The topological polar surface area (TPSA) is 79.8 Å². The van der Waals surface area contributed by atoms with Crippen molar-refractivity contribution < 1.29 is 14.3 Å². The second kappa shape index (κ2) is 9.44. The van der Waals surface area contributed by atoms with Gasteiger partial charge in [0.05, 0.1) is 6.42 Å². The molecule has 0 atom stereocenters. The fraction of sp³-hybridized carbons (Fsp3) is 0.167. The molecule has 0 saturated heterocycles. The van der Waals surface area contributed by atoms with Crippen LogP contribution in [0.5, 0.6) is 5.75 Å². The fourth-order valence-corrected chi connectivity index (χ4v) is 1.99. The third-order valence-corrected chi connectivity index (χ3v) is 3.28. The van der Waals surface area contributed by atoms with Gasteiger partial charge in [-0.05, 0) is 43.3 Å². The third kappa shape index (κ3) is 7.05. The third-order valence-electron chi connectivity index (χ3n) is 3.03. The zero-order valence-electron chi connectivity index (χ0n) is 13.7. The van der Waals surface area contributed by atoms with Gasteiger partial charge >= 0.3 is 0 Å². The molecule has 2 N–H and O–H groups in total. The van der Waals surface area contributed by atoms with Crippen molar-refractivity contribution in [2.45, 2.75) is 13.3 Å². The molecule has 2 aromatic rings. The van der Waals surface area contributed by atoms with E-state index in [4.69, 9.17) is 16.3 Å². The van der Waals surface area contributed by atoms with Crippen LogP contribution in [-0.4, -0.2) is 24.1 Å². The van der Waals surface area contributed by atoms with E-state index in [9.17, 15) is 9.59 Å². The number of hydrogen-bond acceptors (Lipinski definition) is 4. The van der Waals surface area contributed by atoms with Crippen LogP contribution in [-0.2, 0) is 9.59 Å². The first-order valence-corrected chi connectivity index (χ1v) is 7.96. The summed E-state index contributed by atoms with van der Waals surface area (Å²) in [6.07, 6.45) is 0.0766. The molecule has 0 aliphatic carbocycles. The number of rotatable bonds is 7. The molecule has 0 radical (unpaired) electrons. The van der Waals surface area contributed by atoms with Crippen LogP contribution in [0.15, 0.2) is 59.7 Å². The Labute approximate surface area is 150 Å². The molecule has 7 heteroatoms. The molecule has 2 aromatic carbocycles. The molecule has 0 spiro atoms. The van der Waals surface area contributed by atoms with Crippen LogP contribution < -0.4 is 15.5 Å². The van der Waals surface area contributed by atoms with Crippen LogP contribution >= 0.6 is 11.6 Å². The highest BCUT2D eigenvalue weighted by Gasteiger charge is 2.06. The van der Waals surface area contributed by atoms with E-state index in [1.54, 1.807) is 43.3 Å². The van der Waals surface area contributed by atoms with Crippen molar-refractivity contribution in [1.82, 2.24) is 5.43 Å². The summed E-state index contributed by atoms with van der Waals surface area (Å²) < 4.78 is 5.30. The van der Waals surface area contributed by atoms with Gasteiger partial charge in [0.15, 0.2) is 6.61 Å². The maximum atomic E-state index is 11.9. The summed E-state index contributed by atoms with van der Waals surface area (Å²) in [6, 6.07) is 15.8. The lowest BCUT2D eigenvalue weighted by Gasteiger charge is -2.06. The lowest BCUT2D eigenvalue weighted by Crippen LogP contribution is -2.26. The number of hydrogen-bond donors (Lipinski definition) is 2. The molecular weight excluding hydrogens is 342 g/mol. The molecule has 2 rings (SSSR count). The fourth-order valence-electron chi connectivity index (χ4n) is 1.87. The number of anilines is 1. The van der Waals surface area contributed by atoms with Crippen LogP contribution in [0.1, 0.15) is 13.3 Å². The number of ether oxygens (including phenoxy) is 1. The minimum Gasteiger partial charge on any atom is -0.484 e. The molecule has 25 heavy (non-hydrogen) atoms. The highest BCUT2D eigenvalue weighted by Crippen LogP contribution is 2.15. The molecule has 0 heterocycles. The normalized spacial score (nSPS) is 10.9. The Hall–Kier alpha value is -2.86. The Morgan fingerprint density at radius 1 is 1.04 bits per heavy atom. The second-order valence-electron chi connectivity index (χ2n) is 5.22. The zero-order chi connectivity index (χ0) is 18.1. The van der Waals surface area contributed by atoms with Crippen LogP contribution in [0.3, 0.4) is 0 Å². The van der Waals surface area contributed by atoms with Crippen molar-refractivity contribution in [2.24, 2.45) is 5.10 Å². The van der Waals surface area contributed by atoms with E-state index in [1.165, 1.54) is 0 Å². The maximum Gasteiger partial charge on any atom is 0.277 e. The summed E-state index contributed by atoms with van der Waals surface area (Å²) in [5, 5.41) is 7.22. The first kappa shape index (κ1) is 18.5. The predicted octanol–water partition coefficient (Wildman–Crippen LogP) is 3.24. The lowest BCUT2D eigenvalue weighted by atomic mass is 10.2. The number of carbonyl (C=O) groups is 2. The summed E-state index contributed by atoms with van der Waals surface area (Å²) in [6.45, 7) is 1.47. The summed E-state index contributed by atoms with van der Waals surface area (Å²) in [7, 11) is 0. The first-order chi connectivity index (χ1) is 12.0. The standard InChI is InChI=1S/C18H18ClN3O3/c1-13(11-17(23)20-15-5-3-2-4-6-15)21-22-18(24)12-25-16-9-7-14(19)8-10-16/h2-10H,11-12H2,1H3,(H,20,23)(H,22,24). The van der Waals surface area contributed by atoms with E-state index in [0.29, 0.717) is 22.2 Å². The van der Waals surface area contributed by atoms with Crippen molar-refractivity contribution in [3.8, 4) is 5.75 Å². The average molecular weight is 360 g/mol. The van der Waals surface area contributed by atoms with Gasteiger partial charge in [-0.25, -0.2) is 5.43 Å². The lowest BCUT2D eigenvalue weighted by molar-refractivity contribution is -0.123. The molecule has 0 aliphatic rings. The number of para-hydroxylation sites is 1. The molecule has 130 valence electrons. The SMILES string of the molecule is CC(CC(=O)Nc1ccccc1)=NNC(=O)COc1ccc(Cl)cc1. The van der Waals surface area contributed by atoms with Crippen molar-refractivity contribution in [3.05, 3.63) is 59.6 Å². The molecule has 0 unspecified atom stereocenters. The van der Waals surface area contributed by atoms with E-state index in [0.717, 1.165) is 0 Å². The Morgan fingerprint density at radius 2 is 1.72 bits per heavy atom. The van der Waals surface area contributed by atoms with Crippen molar-refractivity contribution in [3.63, 3.8) is 0 Å². The van der Waals surface area contributed by atoms with Gasteiger partial charge in [-0.2, -0.15) is 5.10 Å². The molecular formula is C18H18ClN3O3. The van der Waals surface area contributed by atoms with Gasteiger partial charge < -0.3 is 10.1 Å². The summed E-state index contributed by atoms with van der Waals surface area (Å²) >= 11 is 5.77. The Morgan fingerprint density at radius 3 is 2.40 bits per heavy atom. The van der Waals surface area contributed by atoms with Gasteiger partial charge in [0.1, 0.15) is 5.75 Å². The van der Waals surface area contributed by atoms with Crippen LogP contribution in [0.2, 0.25) is 5.02 Å². The number of halogens is 1. The number of benzene rings is 2. The summed E-state index contributed by atoms with van der Waals surface area (Å²) in [5.74, 6) is -0.0978. The Kier molecular flexibility index (Phi) is 6.98. The van der Waals surface area contributed by atoms with Crippen molar-refractivity contribution in [1.29, 1.82) is 0 Å². The molecule has 0 saturated carbocycles. The van der Waals surface area contributed by atoms with E-state index in [-0.39, 0.29) is 18.9 Å². The van der Waals surface area contributed by atoms with Crippen molar-refractivity contribution >= 4 is 34.8 Å². The minimum atomic E-state index is -0.419. The first-order valence-electron chi connectivity index (χ1n) is 7.58. The van der Waals surface area contributed by atoms with Gasteiger partial charge in [0.25, 0.3) is 5.91 Å². The van der Waals surface area contributed by atoms with E-state index >= 15 is 0 Å². The van der Waals surface area contributed by atoms with E-state index in [2.05, 4.69) is 15.8 Å². The summed E-state index contributed by atoms with van der Waals surface area (Å²) in [4.78, 5) is 23.6. The average Bonchev–Trinajstić information content (AvgIpc) is 2.60. The minimum absolute atomic E-state index is 0.0766. The predicted molar refractivity (Wildman–Crippen MR) is 97.9 cm³/mol. The summed E-state index contributed by atoms with van der Waals surface area (Å²) in [5.41, 5.74) is 3.54. The number of nitrogens with zero attached hydrogens (tertiary/aromatic N) is 1. The zero-order valence-corrected chi connectivity index (χ0v) is 14.4. The molecule has 0 fully saturated rings. The van der Waals surface area contributed by atoms with Crippen molar-refractivity contribution in [2.75, 3.05) is 11.9 Å². The number of carbonyl (C=O) groups excluding carboxylic acids is 2. The highest BCUT2D eigenvalue weighted by molar-refractivity contribution is 6.30. The smallest absolute Gasteiger partial charge is 0.277 e. The monoisotopic (exact) mass is 359 g/mol. The van der Waals surface area contributed by atoms with Crippen LogP contribution in [0.4, 0.5) is 5.69 Å². The van der Waals surface area contributed by atoms with Crippen LogP contribution in [0.25, 0.3) is 0 Å². The second-order valence-corrected chi connectivity index (χ2v) is 5.65. The van der Waals surface area contributed by atoms with E-state index in [1.807, 2.05) is 18.2 Å². The van der Waals surface area contributed by atoms with Gasteiger partial charge in [0, 0.05) is 16.4 Å². The maximum absolute atomic E-state index is 11.9. The number of nitrogens with one attached hydrogen (secondary N) is 2.